The van der Waals surface area contributed by atoms with Crippen molar-refractivity contribution in [2.75, 3.05) is 0 Å². The van der Waals surface area contributed by atoms with Gasteiger partial charge in [0.15, 0.2) is 12.4 Å². The molecule has 1 amide bonds. The summed E-state index contributed by atoms with van der Waals surface area (Å²) < 4.78 is 4.73. The van der Waals surface area contributed by atoms with E-state index in [4.69, 9.17) is 4.74 Å². The smallest absolute Gasteiger partial charge is 0.329 e. The monoisotopic (exact) mass is 383 g/mol. The van der Waals surface area contributed by atoms with E-state index < -0.39 is 18.1 Å². The number of esters is 1. The molecule has 0 aliphatic rings. The molecule has 0 aromatic carbocycles. The van der Waals surface area contributed by atoms with E-state index >= 15 is 0 Å². The predicted molar refractivity (Wildman–Crippen MR) is 81.0 cm³/mol. The number of rotatable bonds is 7. The lowest BCUT2D eigenvalue weighted by molar-refractivity contribution is -0.155. The number of amides is 1. The molecule has 0 radical (unpaired) electrons. The van der Waals surface area contributed by atoms with Gasteiger partial charge < -0.3 is 10.1 Å². The quantitative estimate of drug-likeness (QED) is 0.315. The zero-order valence-corrected chi connectivity index (χ0v) is 14.1. The molecule has 1 unspecified atom stereocenters. The summed E-state index contributed by atoms with van der Waals surface area (Å²) in [4.78, 5) is 34.3. The fraction of sp³-hybridized carbons (Fsp3) is 0.769. The van der Waals surface area contributed by atoms with Crippen LogP contribution >= 0.6 is 22.6 Å². The third-order valence-electron chi connectivity index (χ3n) is 2.55. The van der Waals surface area contributed by atoms with Crippen molar-refractivity contribution in [3.05, 3.63) is 0 Å². The molecule has 0 rings (SSSR count). The van der Waals surface area contributed by atoms with Gasteiger partial charge in [0, 0.05) is 0 Å². The highest BCUT2D eigenvalue weighted by Gasteiger charge is 2.29. The van der Waals surface area contributed by atoms with Crippen molar-refractivity contribution < 1.29 is 19.1 Å². The second kappa shape index (κ2) is 8.50. The van der Waals surface area contributed by atoms with Crippen molar-refractivity contribution in [3.63, 3.8) is 0 Å². The van der Waals surface area contributed by atoms with Gasteiger partial charge in [0.25, 0.3) is 0 Å². The molecule has 0 saturated heterocycles. The first-order chi connectivity index (χ1) is 8.70. The highest BCUT2D eigenvalue weighted by molar-refractivity contribution is 14.1. The molecule has 0 saturated carbocycles. The molecule has 6 heteroatoms. The van der Waals surface area contributed by atoms with Crippen LogP contribution in [0.15, 0.2) is 0 Å². The summed E-state index contributed by atoms with van der Waals surface area (Å²) >= 11 is 2.05. The number of carbonyl (C=O) groups is 3. The summed E-state index contributed by atoms with van der Waals surface area (Å²) in [7, 11) is 0. The van der Waals surface area contributed by atoms with E-state index in [1.54, 1.807) is 0 Å². The number of carbonyl (C=O) groups excluding carboxylic acids is 3. The lowest BCUT2D eigenvalue weighted by atomic mass is 10.0. The molecule has 110 valence electrons. The maximum atomic E-state index is 12.0. The van der Waals surface area contributed by atoms with Crippen LogP contribution in [0.4, 0.5) is 0 Å². The second-order valence-corrected chi connectivity index (χ2v) is 6.50. The van der Waals surface area contributed by atoms with Gasteiger partial charge in [-0.25, -0.2) is 4.79 Å². The number of aldehydes is 1. The van der Waals surface area contributed by atoms with Crippen molar-refractivity contribution >= 4 is 40.8 Å². The SMILES string of the molecule is CC(C)C(NC(=O)[C@H](I)C(C)C)C(=O)O[C@@H](C)C=O. The molecular weight excluding hydrogens is 361 g/mol. The maximum Gasteiger partial charge on any atom is 0.329 e. The number of alkyl halides is 1. The fourth-order valence-corrected chi connectivity index (χ4v) is 1.50. The third-order valence-corrected chi connectivity index (χ3v) is 4.55. The van der Waals surface area contributed by atoms with Crippen molar-refractivity contribution in [2.45, 2.75) is 50.7 Å². The van der Waals surface area contributed by atoms with Crippen molar-refractivity contribution in [1.82, 2.24) is 5.32 Å². The van der Waals surface area contributed by atoms with Gasteiger partial charge in [0.2, 0.25) is 5.91 Å². The van der Waals surface area contributed by atoms with E-state index in [0.29, 0.717) is 6.29 Å². The molecule has 0 bridgehead atoms. The Kier molecular flexibility index (Phi) is 8.20. The van der Waals surface area contributed by atoms with E-state index in [0.717, 1.165) is 0 Å². The Hall–Kier alpha value is -0.660. The summed E-state index contributed by atoms with van der Waals surface area (Å²) in [5.74, 6) is -0.690. The summed E-state index contributed by atoms with van der Waals surface area (Å²) in [6.07, 6.45) is -0.252. The van der Waals surface area contributed by atoms with E-state index in [9.17, 15) is 14.4 Å². The Morgan fingerprint density at radius 1 is 1.11 bits per heavy atom. The highest BCUT2D eigenvalue weighted by Crippen LogP contribution is 2.14. The van der Waals surface area contributed by atoms with Crippen molar-refractivity contribution in [2.24, 2.45) is 11.8 Å². The first kappa shape index (κ1) is 18.3. The second-order valence-electron chi connectivity index (χ2n) is 5.15. The van der Waals surface area contributed by atoms with Crippen LogP contribution in [-0.2, 0) is 19.1 Å². The molecular formula is C13H22INO4. The van der Waals surface area contributed by atoms with Crippen LogP contribution in [0.25, 0.3) is 0 Å². The standard InChI is InChI=1S/C13H22INO4/c1-7(2)10(14)12(17)15-11(8(3)4)13(18)19-9(5)6-16/h6-11H,1-5H3,(H,15,17)/t9-,10+,11?/m0/s1. The first-order valence-electron chi connectivity index (χ1n) is 6.30. The number of ether oxygens (including phenoxy) is 1. The van der Waals surface area contributed by atoms with Gasteiger partial charge in [0.05, 0.1) is 3.92 Å². The lowest BCUT2D eigenvalue weighted by Crippen LogP contribution is -2.49. The Labute approximate surface area is 128 Å². The van der Waals surface area contributed by atoms with E-state index in [2.05, 4.69) is 27.9 Å². The van der Waals surface area contributed by atoms with E-state index in [1.165, 1.54) is 6.92 Å². The van der Waals surface area contributed by atoms with Gasteiger partial charge in [-0.1, -0.05) is 50.3 Å². The van der Waals surface area contributed by atoms with E-state index in [1.807, 2.05) is 27.7 Å². The molecule has 1 N–H and O–H groups in total. The van der Waals surface area contributed by atoms with Crippen LogP contribution in [-0.4, -0.2) is 34.2 Å². The molecule has 0 aliphatic heterocycles. The van der Waals surface area contributed by atoms with Crippen LogP contribution in [0.3, 0.4) is 0 Å². The minimum absolute atomic E-state index is 0.105. The van der Waals surface area contributed by atoms with Gasteiger partial charge in [-0.15, -0.1) is 0 Å². The zero-order valence-electron chi connectivity index (χ0n) is 12.0. The fourth-order valence-electron chi connectivity index (χ4n) is 1.32. The topological polar surface area (TPSA) is 72.5 Å². The molecule has 3 atom stereocenters. The van der Waals surface area contributed by atoms with Crippen LogP contribution in [0.2, 0.25) is 0 Å². The number of hydrogen-bond donors (Lipinski definition) is 1. The summed E-state index contributed by atoms with van der Waals surface area (Å²) in [6.45, 7) is 8.99. The Bertz CT molecular complexity index is 331. The van der Waals surface area contributed by atoms with Gasteiger partial charge in [-0.05, 0) is 18.8 Å². The number of halogens is 1. The summed E-state index contributed by atoms with van der Waals surface area (Å²) in [6, 6.07) is -0.731. The van der Waals surface area contributed by atoms with Gasteiger partial charge in [-0.3, -0.25) is 9.59 Å². The maximum absolute atomic E-state index is 12.0. The largest absolute Gasteiger partial charge is 0.453 e. The average molecular weight is 383 g/mol. The van der Waals surface area contributed by atoms with Gasteiger partial charge >= 0.3 is 5.97 Å². The van der Waals surface area contributed by atoms with Crippen LogP contribution in [0, 0.1) is 11.8 Å². The molecule has 19 heavy (non-hydrogen) atoms. The summed E-state index contributed by atoms with van der Waals surface area (Å²) in [5.41, 5.74) is 0. The molecule has 0 aromatic heterocycles. The zero-order chi connectivity index (χ0) is 15.2. The van der Waals surface area contributed by atoms with Crippen LogP contribution in [0.1, 0.15) is 34.6 Å². The molecule has 0 aromatic rings. The Morgan fingerprint density at radius 3 is 2.00 bits per heavy atom. The normalized spacial score (nSPS) is 15.8. The van der Waals surface area contributed by atoms with Gasteiger partial charge in [-0.2, -0.15) is 0 Å². The first-order valence-corrected chi connectivity index (χ1v) is 7.55. The Morgan fingerprint density at radius 2 is 1.63 bits per heavy atom. The third kappa shape index (κ3) is 6.35. The molecule has 0 heterocycles. The molecule has 0 spiro atoms. The minimum Gasteiger partial charge on any atom is -0.453 e. The Balaban J connectivity index is 4.70. The number of hydrogen-bond acceptors (Lipinski definition) is 4. The summed E-state index contributed by atoms with van der Waals surface area (Å²) in [5, 5.41) is 2.69. The molecule has 5 nitrogen and oxygen atoms in total. The van der Waals surface area contributed by atoms with Crippen LogP contribution in [0.5, 0.6) is 0 Å². The lowest BCUT2D eigenvalue weighted by Gasteiger charge is -2.24. The van der Waals surface area contributed by atoms with E-state index in [-0.39, 0.29) is 21.7 Å². The average Bonchev–Trinajstić information content (AvgIpc) is 2.33. The van der Waals surface area contributed by atoms with Crippen LogP contribution < -0.4 is 5.32 Å². The predicted octanol–water partition coefficient (Wildman–Crippen LogP) is 1.72. The molecule has 0 aliphatic carbocycles. The minimum atomic E-state index is -0.800. The number of nitrogens with one attached hydrogen (secondary N) is 1. The van der Waals surface area contributed by atoms with Crippen molar-refractivity contribution in [3.8, 4) is 0 Å². The van der Waals surface area contributed by atoms with Crippen molar-refractivity contribution in [1.29, 1.82) is 0 Å². The van der Waals surface area contributed by atoms with Gasteiger partial charge in [0.1, 0.15) is 6.04 Å². The molecule has 0 fully saturated rings. The highest BCUT2D eigenvalue weighted by atomic mass is 127.